The van der Waals surface area contributed by atoms with Gasteiger partial charge >= 0.3 is 0 Å². The maximum atomic E-state index is 13.3. The van der Waals surface area contributed by atoms with Gasteiger partial charge in [0.05, 0.1) is 10.4 Å². The predicted octanol–water partition coefficient (Wildman–Crippen LogP) is 3.69. The molecule has 1 N–H and O–H groups in total. The van der Waals surface area contributed by atoms with Gasteiger partial charge < -0.3 is 10.2 Å². The van der Waals surface area contributed by atoms with Crippen LogP contribution < -0.4 is 10.2 Å². The minimum Gasteiger partial charge on any atom is -0.369 e. The molecule has 1 amide bonds. The molecule has 1 atom stereocenters. The number of amides is 1. The predicted molar refractivity (Wildman–Crippen MR) is 104 cm³/mol. The molecule has 3 rings (SSSR count). The van der Waals surface area contributed by atoms with Gasteiger partial charge in [-0.05, 0) is 43.9 Å². The maximum Gasteiger partial charge on any atom is 0.226 e. The van der Waals surface area contributed by atoms with Crippen molar-refractivity contribution in [3.63, 3.8) is 0 Å². The minimum absolute atomic E-state index is 0.148. The van der Waals surface area contributed by atoms with Crippen molar-refractivity contribution in [2.75, 3.05) is 37.6 Å². The van der Waals surface area contributed by atoms with Crippen LogP contribution in [-0.4, -0.2) is 49.6 Å². The third-order valence-corrected chi connectivity index (χ3v) is 6.53. The van der Waals surface area contributed by atoms with E-state index >= 15 is 0 Å². The molecule has 2 aliphatic rings. The van der Waals surface area contributed by atoms with Crippen molar-refractivity contribution >= 4 is 23.2 Å². The number of benzene rings is 1. The zero-order valence-electron chi connectivity index (χ0n) is 15.7. The molecule has 0 spiro atoms. The standard InChI is InChI=1S/C20H29ClFN3O/c1-3-20(4-2)14-15(23-19(20)26)7-8-24-9-11-25(12-10-24)16-5-6-18(22)17(21)13-16/h5-6,13,15H,3-4,7-12,14H2,1-2H3,(H,23,26). The molecule has 6 heteroatoms. The Labute approximate surface area is 160 Å². The van der Waals surface area contributed by atoms with Gasteiger partial charge in [-0.3, -0.25) is 9.69 Å². The molecule has 26 heavy (non-hydrogen) atoms. The molecular formula is C20H29ClFN3O. The second-order valence-electron chi connectivity index (χ2n) is 7.58. The Kier molecular flexibility index (Phi) is 6.08. The number of piperazine rings is 1. The van der Waals surface area contributed by atoms with Crippen LogP contribution in [0.5, 0.6) is 0 Å². The first-order valence-electron chi connectivity index (χ1n) is 9.70. The number of hydrogen-bond acceptors (Lipinski definition) is 3. The zero-order valence-corrected chi connectivity index (χ0v) is 16.5. The summed E-state index contributed by atoms with van der Waals surface area (Å²) in [5, 5.41) is 3.38. The molecule has 1 unspecified atom stereocenters. The molecule has 2 fully saturated rings. The molecule has 4 nitrogen and oxygen atoms in total. The maximum absolute atomic E-state index is 13.3. The average Bonchev–Trinajstić information content (AvgIpc) is 2.99. The molecule has 0 aromatic heterocycles. The summed E-state index contributed by atoms with van der Waals surface area (Å²) in [6.45, 7) is 9.01. The number of carbonyl (C=O) groups is 1. The third-order valence-electron chi connectivity index (χ3n) is 6.24. The van der Waals surface area contributed by atoms with Gasteiger partial charge in [-0.1, -0.05) is 25.4 Å². The van der Waals surface area contributed by atoms with Gasteiger partial charge in [0, 0.05) is 44.5 Å². The van der Waals surface area contributed by atoms with Crippen LogP contribution in [0.15, 0.2) is 18.2 Å². The summed E-state index contributed by atoms with van der Waals surface area (Å²) < 4.78 is 13.3. The lowest BCUT2D eigenvalue weighted by Crippen LogP contribution is -2.47. The molecule has 1 aromatic carbocycles. The van der Waals surface area contributed by atoms with Crippen LogP contribution in [0.3, 0.4) is 0 Å². The first kappa shape index (κ1) is 19.4. The largest absolute Gasteiger partial charge is 0.369 e. The lowest BCUT2D eigenvalue weighted by molar-refractivity contribution is -0.128. The van der Waals surface area contributed by atoms with E-state index in [2.05, 4.69) is 29.0 Å². The summed E-state index contributed by atoms with van der Waals surface area (Å²) in [7, 11) is 0. The van der Waals surface area contributed by atoms with E-state index in [1.54, 1.807) is 12.1 Å². The summed E-state index contributed by atoms with van der Waals surface area (Å²) >= 11 is 5.90. The quantitative estimate of drug-likeness (QED) is 0.816. The van der Waals surface area contributed by atoms with Gasteiger partial charge in [0.1, 0.15) is 5.82 Å². The van der Waals surface area contributed by atoms with Crippen molar-refractivity contribution in [1.82, 2.24) is 10.2 Å². The smallest absolute Gasteiger partial charge is 0.226 e. The summed E-state index contributed by atoms with van der Waals surface area (Å²) in [5.74, 6) is -0.131. The molecule has 144 valence electrons. The number of anilines is 1. The molecule has 2 heterocycles. The summed E-state index contributed by atoms with van der Waals surface area (Å²) in [5.41, 5.74) is 0.834. The lowest BCUT2D eigenvalue weighted by atomic mass is 9.79. The van der Waals surface area contributed by atoms with Crippen molar-refractivity contribution < 1.29 is 9.18 Å². The molecule has 0 bridgehead atoms. The van der Waals surface area contributed by atoms with E-state index in [1.165, 1.54) is 6.07 Å². The first-order chi connectivity index (χ1) is 12.5. The summed E-state index contributed by atoms with van der Waals surface area (Å²) in [6.07, 6.45) is 3.82. The number of carbonyl (C=O) groups excluding carboxylic acids is 1. The first-order valence-corrected chi connectivity index (χ1v) is 10.1. The topological polar surface area (TPSA) is 35.6 Å². The Morgan fingerprint density at radius 3 is 2.50 bits per heavy atom. The van der Waals surface area contributed by atoms with Crippen molar-refractivity contribution in [1.29, 1.82) is 0 Å². The molecule has 0 radical (unpaired) electrons. The summed E-state index contributed by atoms with van der Waals surface area (Å²) in [4.78, 5) is 17.0. The second-order valence-corrected chi connectivity index (χ2v) is 7.98. The van der Waals surface area contributed by atoms with Gasteiger partial charge in [-0.25, -0.2) is 4.39 Å². The SMILES string of the molecule is CCC1(CC)CC(CCN2CCN(c3ccc(F)c(Cl)c3)CC2)NC1=O. The molecule has 0 aliphatic carbocycles. The normalized spacial score (nSPS) is 23.3. The van der Waals surface area contributed by atoms with Crippen LogP contribution in [0.25, 0.3) is 0 Å². The van der Waals surface area contributed by atoms with Gasteiger partial charge in [0.25, 0.3) is 0 Å². The fourth-order valence-electron chi connectivity index (χ4n) is 4.24. The second kappa shape index (κ2) is 8.13. The van der Waals surface area contributed by atoms with E-state index in [0.29, 0.717) is 6.04 Å². The van der Waals surface area contributed by atoms with Crippen molar-refractivity contribution in [3.05, 3.63) is 29.0 Å². The highest BCUT2D eigenvalue weighted by Gasteiger charge is 2.43. The van der Waals surface area contributed by atoms with Crippen LogP contribution in [0.2, 0.25) is 5.02 Å². The molecule has 1 aromatic rings. The minimum atomic E-state index is -0.372. The van der Waals surface area contributed by atoms with Crippen LogP contribution in [0, 0.1) is 11.2 Å². The Morgan fingerprint density at radius 2 is 1.92 bits per heavy atom. The van der Waals surface area contributed by atoms with Crippen LogP contribution in [0.4, 0.5) is 10.1 Å². The van der Waals surface area contributed by atoms with Crippen LogP contribution in [-0.2, 0) is 4.79 Å². The third kappa shape index (κ3) is 3.99. The van der Waals surface area contributed by atoms with Crippen molar-refractivity contribution in [3.8, 4) is 0 Å². The highest BCUT2D eigenvalue weighted by Crippen LogP contribution is 2.37. The van der Waals surface area contributed by atoms with E-state index in [-0.39, 0.29) is 22.2 Å². The van der Waals surface area contributed by atoms with Gasteiger partial charge in [0.15, 0.2) is 0 Å². The highest BCUT2D eigenvalue weighted by molar-refractivity contribution is 6.31. The monoisotopic (exact) mass is 381 g/mol. The zero-order chi connectivity index (χ0) is 18.7. The Morgan fingerprint density at radius 1 is 1.23 bits per heavy atom. The molecular weight excluding hydrogens is 353 g/mol. The van der Waals surface area contributed by atoms with Gasteiger partial charge in [-0.15, -0.1) is 0 Å². The molecule has 2 saturated heterocycles. The van der Waals surface area contributed by atoms with E-state index in [4.69, 9.17) is 11.6 Å². The van der Waals surface area contributed by atoms with E-state index in [0.717, 1.165) is 64.1 Å². The lowest BCUT2D eigenvalue weighted by Gasteiger charge is -2.36. The summed E-state index contributed by atoms with van der Waals surface area (Å²) in [6, 6.07) is 5.23. The fourth-order valence-corrected chi connectivity index (χ4v) is 4.41. The Balaban J connectivity index is 1.46. The number of halogens is 2. The number of rotatable bonds is 6. The fraction of sp³-hybridized carbons (Fsp3) is 0.650. The average molecular weight is 382 g/mol. The van der Waals surface area contributed by atoms with Crippen LogP contribution in [0.1, 0.15) is 39.5 Å². The van der Waals surface area contributed by atoms with Gasteiger partial charge in [-0.2, -0.15) is 0 Å². The molecule has 0 saturated carbocycles. The Bertz CT molecular complexity index is 642. The van der Waals surface area contributed by atoms with E-state index in [1.807, 2.05) is 0 Å². The van der Waals surface area contributed by atoms with Crippen LogP contribution >= 0.6 is 11.6 Å². The van der Waals surface area contributed by atoms with Crippen molar-refractivity contribution in [2.24, 2.45) is 5.41 Å². The number of hydrogen-bond donors (Lipinski definition) is 1. The van der Waals surface area contributed by atoms with Crippen molar-refractivity contribution in [2.45, 2.75) is 45.6 Å². The Hall–Kier alpha value is -1.33. The highest BCUT2D eigenvalue weighted by atomic mass is 35.5. The molecule has 2 aliphatic heterocycles. The van der Waals surface area contributed by atoms with Gasteiger partial charge in [0.2, 0.25) is 5.91 Å². The number of nitrogens with zero attached hydrogens (tertiary/aromatic N) is 2. The van der Waals surface area contributed by atoms with E-state index in [9.17, 15) is 9.18 Å². The van der Waals surface area contributed by atoms with E-state index < -0.39 is 0 Å². The number of nitrogens with one attached hydrogen (secondary N) is 1.